The standard InChI is InChI=1S/C23H25N5O2/c1-23(13-30-14-23)16-6-8-17(9-7-16)26-21-20-19(10-11-25-22(20)29)28(27-21)18-5-3-2-4-15(18)12-24/h6-11,15,18,20H,2-5,13-14H2,1H3,(H,26,27)/t15-,18?,20?/m1/s1. The number of aliphatic imine (C=N–C) groups is 2. The summed E-state index contributed by atoms with van der Waals surface area (Å²) in [6.07, 6.45) is 7.37. The number of carbonyl (C=O) groups excluding carboxylic acids is 1. The van der Waals surface area contributed by atoms with Gasteiger partial charge in [0, 0.05) is 11.6 Å². The lowest BCUT2D eigenvalue weighted by Gasteiger charge is -2.38. The van der Waals surface area contributed by atoms with Crippen LogP contribution in [0, 0.1) is 23.2 Å². The Morgan fingerprint density at radius 1 is 1.27 bits per heavy atom. The molecule has 7 nitrogen and oxygen atoms in total. The molecular formula is C23H25N5O2. The van der Waals surface area contributed by atoms with Crippen LogP contribution in [0.4, 0.5) is 5.69 Å². The summed E-state index contributed by atoms with van der Waals surface area (Å²) in [5.74, 6) is -0.239. The van der Waals surface area contributed by atoms with Crippen molar-refractivity contribution < 1.29 is 9.53 Å². The maximum atomic E-state index is 12.6. The third-order valence-electron chi connectivity index (χ3n) is 6.66. The number of hydrogen-bond acceptors (Lipinski definition) is 5. The Kier molecular flexibility index (Phi) is 4.67. The number of carbonyl (C=O) groups is 1. The Balaban J connectivity index is 1.45. The van der Waals surface area contributed by atoms with Gasteiger partial charge in [-0.15, -0.1) is 0 Å². The number of allylic oxidation sites excluding steroid dienone is 1. The van der Waals surface area contributed by atoms with Gasteiger partial charge in [-0.3, -0.25) is 15.2 Å². The van der Waals surface area contributed by atoms with Crippen LogP contribution in [-0.4, -0.2) is 42.2 Å². The van der Waals surface area contributed by atoms with Crippen LogP contribution in [0.5, 0.6) is 0 Å². The van der Waals surface area contributed by atoms with Crippen molar-refractivity contribution in [2.45, 2.75) is 44.1 Å². The number of rotatable bonds is 3. The molecule has 3 fully saturated rings. The van der Waals surface area contributed by atoms with Gasteiger partial charge in [-0.05, 0) is 36.6 Å². The highest BCUT2D eigenvalue weighted by Gasteiger charge is 2.45. The summed E-state index contributed by atoms with van der Waals surface area (Å²) in [6.45, 7) is 3.67. The summed E-state index contributed by atoms with van der Waals surface area (Å²) in [4.78, 5) is 21.4. The first-order valence-electron chi connectivity index (χ1n) is 10.6. The zero-order valence-electron chi connectivity index (χ0n) is 17.0. The quantitative estimate of drug-likeness (QED) is 0.838. The van der Waals surface area contributed by atoms with Gasteiger partial charge in [0.2, 0.25) is 0 Å². The number of nitrogens with zero attached hydrogens (tertiary/aromatic N) is 4. The van der Waals surface area contributed by atoms with Crippen molar-refractivity contribution in [2.24, 2.45) is 21.8 Å². The van der Waals surface area contributed by atoms with Crippen LogP contribution in [0.2, 0.25) is 0 Å². The van der Waals surface area contributed by atoms with Crippen molar-refractivity contribution in [3.8, 4) is 6.07 Å². The van der Waals surface area contributed by atoms with E-state index in [1.807, 2.05) is 23.2 Å². The molecule has 4 aliphatic rings. The number of nitriles is 1. The molecule has 7 heteroatoms. The molecule has 0 aromatic heterocycles. The van der Waals surface area contributed by atoms with Crippen LogP contribution in [0.25, 0.3) is 0 Å². The second-order valence-electron chi connectivity index (χ2n) is 8.81. The largest absolute Gasteiger partial charge is 0.379 e. The molecule has 3 aliphatic heterocycles. The monoisotopic (exact) mass is 403 g/mol. The molecule has 1 aromatic rings. The van der Waals surface area contributed by atoms with E-state index in [9.17, 15) is 10.1 Å². The number of amidine groups is 1. The van der Waals surface area contributed by atoms with Crippen LogP contribution < -0.4 is 5.43 Å². The molecule has 30 heavy (non-hydrogen) atoms. The lowest BCUT2D eigenvalue weighted by molar-refractivity contribution is -0.119. The third-order valence-corrected chi connectivity index (χ3v) is 6.66. The Morgan fingerprint density at radius 2 is 2.03 bits per heavy atom. The number of hydrogen-bond donors (Lipinski definition) is 1. The van der Waals surface area contributed by atoms with Gasteiger partial charge in [0.25, 0.3) is 5.91 Å². The van der Waals surface area contributed by atoms with E-state index in [1.54, 1.807) is 6.21 Å². The molecule has 1 saturated carbocycles. The lowest BCUT2D eigenvalue weighted by Crippen LogP contribution is -2.46. The van der Waals surface area contributed by atoms with Gasteiger partial charge >= 0.3 is 0 Å². The number of ether oxygens (including phenoxy) is 1. The molecule has 0 radical (unpaired) electrons. The van der Waals surface area contributed by atoms with E-state index in [1.165, 1.54) is 5.56 Å². The number of benzene rings is 1. The summed E-state index contributed by atoms with van der Waals surface area (Å²) in [7, 11) is 0. The number of nitrogens with one attached hydrogen (secondary N) is 1. The predicted octanol–water partition coefficient (Wildman–Crippen LogP) is 3.02. The smallest absolute Gasteiger partial charge is 0.262 e. The fraction of sp³-hybridized carbons (Fsp3) is 0.478. The van der Waals surface area contributed by atoms with E-state index in [0.717, 1.165) is 50.3 Å². The van der Waals surface area contributed by atoms with Gasteiger partial charge in [0.1, 0.15) is 11.8 Å². The molecule has 3 heterocycles. The second kappa shape index (κ2) is 7.37. The van der Waals surface area contributed by atoms with Crippen molar-refractivity contribution in [3.63, 3.8) is 0 Å². The summed E-state index contributed by atoms with van der Waals surface area (Å²) < 4.78 is 5.37. The van der Waals surface area contributed by atoms with Gasteiger partial charge in [0.05, 0.1) is 42.6 Å². The zero-order valence-corrected chi connectivity index (χ0v) is 17.0. The summed E-state index contributed by atoms with van der Waals surface area (Å²) >= 11 is 0. The molecule has 154 valence electrons. The fourth-order valence-electron chi connectivity index (χ4n) is 4.80. The average Bonchev–Trinajstić information content (AvgIpc) is 3.12. The molecule has 0 spiro atoms. The van der Waals surface area contributed by atoms with Crippen LogP contribution in [0.1, 0.15) is 38.2 Å². The topological polar surface area (TPSA) is 90.1 Å². The predicted molar refractivity (Wildman–Crippen MR) is 113 cm³/mol. The average molecular weight is 403 g/mol. The number of hydrazine groups is 1. The molecule has 1 N–H and O–H groups in total. The number of dihydropyridines is 1. The second-order valence-corrected chi connectivity index (χ2v) is 8.81. The van der Waals surface area contributed by atoms with Crippen molar-refractivity contribution in [2.75, 3.05) is 13.2 Å². The summed E-state index contributed by atoms with van der Waals surface area (Å²) in [6, 6.07) is 10.6. The minimum atomic E-state index is -0.534. The molecule has 1 amide bonds. The van der Waals surface area contributed by atoms with Gasteiger partial charge in [-0.2, -0.15) is 5.26 Å². The van der Waals surface area contributed by atoms with E-state index >= 15 is 0 Å². The van der Waals surface area contributed by atoms with Crippen molar-refractivity contribution >= 4 is 23.6 Å². The molecule has 1 aromatic carbocycles. The van der Waals surface area contributed by atoms with E-state index in [4.69, 9.17) is 9.73 Å². The van der Waals surface area contributed by atoms with Gasteiger partial charge in [-0.1, -0.05) is 31.9 Å². The normalized spacial score (nSPS) is 30.9. The van der Waals surface area contributed by atoms with E-state index in [0.29, 0.717) is 5.84 Å². The minimum Gasteiger partial charge on any atom is -0.379 e. The highest BCUT2D eigenvalue weighted by atomic mass is 16.5. The van der Waals surface area contributed by atoms with E-state index in [2.05, 4.69) is 35.5 Å². The van der Waals surface area contributed by atoms with Crippen molar-refractivity contribution in [1.82, 2.24) is 10.4 Å². The first-order valence-corrected chi connectivity index (χ1v) is 10.6. The molecule has 2 saturated heterocycles. The number of amides is 1. The third kappa shape index (κ3) is 3.12. The maximum absolute atomic E-state index is 12.6. The van der Waals surface area contributed by atoms with Crippen LogP contribution in [-0.2, 0) is 14.9 Å². The summed E-state index contributed by atoms with van der Waals surface area (Å²) in [5.41, 5.74) is 6.29. The Labute approximate surface area is 176 Å². The highest BCUT2D eigenvalue weighted by molar-refractivity contribution is 6.12. The van der Waals surface area contributed by atoms with E-state index in [-0.39, 0.29) is 23.3 Å². The van der Waals surface area contributed by atoms with E-state index < -0.39 is 5.92 Å². The zero-order chi connectivity index (χ0) is 20.7. The SMILES string of the molecule is CC1(c2ccc(N=C3NN(C4CCCC[C@@H]4C#N)C4=CC=NC(=O)C43)cc2)COC1. The maximum Gasteiger partial charge on any atom is 0.262 e. The first-order chi connectivity index (χ1) is 14.6. The van der Waals surface area contributed by atoms with Gasteiger partial charge < -0.3 is 4.74 Å². The van der Waals surface area contributed by atoms with Crippen molar-refractivity contribution in [1.29, 1.82) is 5.26 Å². The molecule has 5 rings (SSSR count). The van der Waals surface area contributed by atoms with Gasteiger partial charge in [-0.25, -0.2) is 9.98 Å². The molecule has 3 atom stereocenters. The first kappa shape index (κ1) is 19.0. The fourth-order valence-corrected chi connectivity index (χ4v) is 4.80. The Hall–Kier alpha value is -2.98. The summed E-state index contributed by atoms with van der Waals surface area (Å²) in [5, 5.41) is 11.6. The van der Waals surface area contributed by atoms with Crippen LogP contribution in [0.3, 0.4) is 0 Å². The molecule has 2 unspecified atom stereocenters. The van der Waals surface area contributed by atoms with Crippen molar-refractivity contribution in [3.05, 3.63) is 41.6 Å². The molecular weight excluding hydrogens is 378 g/mol. The van der Waals surface area contributed by atoms with Gasteiger partial charge in [0.15, 0.2) is 0 Å². The van der Waals surface area contributed by atoms with Crippen LogP contribution >= 0.6 is 0 Å². The molecule has 1 aliphatic carbocycles. The minimum absolute atomic E-state index is 0.0328. The number of fused-ring (bicyclic) bond motifs is 1. The lowest BCUT2D eigenvalue weighted by atomic mass is 9.81. The van der Waals surface area contributed by atoms with Crippen LogP contribution in [0.15, 0.2) is 46.0 Å². The molecule has 0 bridgehead atoms. The Bertz CT molecular complexity index is 984. The highest BCUT2D eigenvalue weighted by Crippen LogP contribution is 2.37. The Morgan fingerprint density at radius 3 is 2.73 bits per heavy atom.